The molecule has 0 spiro atoms. The van der Waals surface area contributed by atoms with Crippen LogP contribution in [-0.4, -0.2) is 25.2 Å². The zero-order valence-corrected chi connectivity index (χ0v) is 11.7. The van der Waals surface area contributed by atoms with Crippen LogP contribution in [0.1, 0.15) is 12.0 Å². The maximum atomic E-state index is 5.79. The van der Waals surface area contributed by atoms with Crippen molar-refractivity contribution >= 4 is 11.5 Å². The van der Waals surface area contributed by atoms with Gasteiger partial charge < -0.3 is 15.0 Å². The Kier molecular flexibility index (Phi) is 3.72. The van der Waals surface area contributed by atoms with E-state index in [2.05, 4.69) is 39.5 Å². The van der Waals surface area contributed by atoms with Gasteiger partial charge in [0.15, 0.2) is 0 Å². The minimum absolute atomic E-state index is 0.783. The first-order valence-electron chi connectivity index (χ1n) is 6.96. The monoisotopic (exact) mass is 269 g/mol. The van der Waals surface area contributed by atoms with Crippen molar-refractivity contribution in [2.75, 3.05) is 30.4 Å². The fourth-order valence-corrected chi connectivity index (χ4v) is 2.49. The fourth-order valence-electron chi connectivity index (χ4n) is 2.49. The summed E-state index contributed by atoms with van der Waals surface area (Å²) >= 11 is 0. The highest BCUT2D eigenvalue weighted by atomic mass is 16.5. The molecule has 2 aromatic rings. The number of fused-ring (bicyclic) bond motifs is 1. The summed E-state index contributed by atoms with van der Waals surface area (Å²) in [5, 5.41) is 3.08. The second-order valence-corrected chi connectivity index (χ2v) is 4.89. The van der Waals surface area contributed by atoms with Gasteiger partial charge in [0.05, 0.1) is 12.3 Å². The molecule has 0 amide bonds. The summed E-state index contributed by atoms with van der Waals surface area (Å²) < 4.78 is 5.79. The lowest BCUT2D eigenvalue weighted by atomic mass is 10.2. The van der Waals surface area contributed by atoms with E-state index in [1.165, 1.54) is 11.3 Å². The molecule has 1 aromatic carbocycles. The van der Waals surface area contributed by atoms with Gasteiger partial charge in [0.2, 0.25) is 0 Å². The van der Waals surface area contributed by atoms with E-state index in [-0.39, 0.29) is 0 Å². The minimum Gasteiger partial charge on any atom is -0.491 e. The van der Waals surface area contributed by atoms with Crippen molar-refractivity contribution in [2.24, 2.45) is 0 Å². The Morgan fingerprint density at radius 2 is 2.20 bits per heavy atom. The van der Waals surface area contributed by atoms with Crippen LogP contribution in [0, 0.1) is 0 Å². The van der Waals surface area contributed by atoms with Crippen molar-refractivity contribution in [1.82, 2.24) is 4.98 Å². The van der Waals surface area contributed by atoms with Crippen LogP contribution in [0.5, 0.6) is 5.75 Å². The maximum Gasteiger partial charge on any atom is 0.142 e. The van der Waals surface area contributed by atoms with Crippen LogP contribution in [0.4, 0.5) is 11.5 Å². The van der Waals surface area contributed by atoms with E-state index in [1.807, 2.05) is 25.4 Å². The zero-order valence-electron chi connectivity index (χ0n) is 11.7. The first kappa shape index (κ1) is 12.8. The maximum absolute atomic E-state index is 5.79. The van der Waals surface area contributed by atoms with Crippen LogP contribution < -0.4 is 15.0 Å². The van der Waals surface area contributed by atoms with Crippen molar-refractivity contribution in [3.8, 4) is 5.75 Å². The fraction of sp³-hybridized carbons (Fsp3) is 0.312. The van der Waals surface area contributed by atoms with E-state index in [9.17, 15) is 0 Å². The van der Waals surface area contributed by atoms with E-state index in [0.29, 0.717) is 0 Å². The Labute approximate surface area is 119 Å². The molecule has 1 aromatic heterocycles. The number of anilines is 2. The summed E-state index contributed by atoms with van der Waals surface area (Å²) in [6.07, 6.45) is 2.89. The Balaban J connectivity index is 1.86. The first-order valence-corrected chi connectivity index (χ1v) is 6.96. The van der Waals surface area contributed by atoms with Gasteiger partial charge in [-0.2, -0.15) is 0 Å². The standard InChI is InChI=1S/C16H19N3O/c1-17-16-11-13(7-8-18-16)12-19-9-4-10-20-15-6-3-2-5-14(15)19/h2-3,5-8,11H,4,9-10,12H2,1H3,(H,17,18). The first-order chi connectivity index (χ1) is 9.86. The van der Waals surface area contributed by atoms with Crippen LogP contribution >= 0.6 is 0 Å². The van der Waals surface area contributed by atoms with Gasteiger partial charge in [-0.3, -0.25) is 0 Å². The molecule has 1 aliphatic heterocycles. The molecule has 0 atom stereocenters. The summed E-state index contributed by atoms with van der Waals surface area (Å²) in [6.45, 7) is 2.66. The van der Waals surface area contributed by atoms with E-state index < -0.39 is 0 Å². The molecule has 4 nitrogen and oxygen atoms in total. The second-order valence-electron chi connectivity index (χ2n) is 4.89. The molecule has 20 heavy (non-hydrogen) atoms. The number of aromatic nitrogens is 1. The van der Waals surface area contributed by atoms with Gasteiger partial charge in [-0.1, -0.05) is 12.1 Å². The number of para-hydroxylation sites is 2. The number of nitrogens with one attached hydrogen (secondary N) is 1. The smallest absolute Gasteiger partial charge is 0.142 e. The van der Waals surface area contributed by atoms with Crippen molar-refractivity contribution in [3.05, 3.63) is 48.2 Å². The van der Waals surface area contributed by atoms with Gasteiger partial charge in [0.25, 0.3) is 0 Å². The van der Waals surface area contributed by atoms with Crippen LogP contribution in [0.15, 0.2) is 42.6 Å². The third-order valence-electron chi connectivity index (χ3n) is 3.49. The largest absolute Gasteiger partial charge is 0.491 e. The molecule has 0 unspecified atom stereocenters. The van der Waals surface area contributed by atoms with Crippen LogP contribution in [-0.2, 0) is 6.54 Å². The molecule has 0 saturated heterocycles. The molecule has 0 aliphatic carbocycles. The van der Waals surface area contributed by atoms with Gasteiger partial charge in [-0.15, -0.1) is 0 Å². The highest BCUT2D eigenvalue weighted by molar-refractivity contribution is 5.59. The van der Waals surface area contributed by atoms with Crippen molar-refractivity contribution in [3.63, 3.8) is 0 Å². The molecular weight excluding hydrogens is 250 g/mol. The number of hydrogen-bond acceptors (Lipinski definition) is 4. The van der Waals surface area contributed by atoms with Crippen molar-refractivity contribution in [1.29, 1.82) is 0 Å². The third kappa shape index (κ3) is 2.69. The normalized spacial score (nSPS) is 14.2. The van der Waals surface area contributed by atoms with Gasteiger partial charge in [-0.05, 0) is 36.2 Å². The summed E-state index contributed by atoms with van der Waals surface area (Å²) in [5.74, 6) is 1.88. The molecule has 2 heterocycles. The van der Waals surface area contributed by atoms with Gasteiger partial charge >= 0.3 is 0 Å². The minimum atomic E-state index is 0.783. The molecule has 104 valence electrons. The Bertz CT molecular complexity index is 585. The topological polar surface area (TPSA) is 37.4 Å². The second kappa shape index (κ2) is 5.82. The van der Waals surface area contributed by atoms with Gasteiger partial charge in [0, 0.05) is 26.3 Å². The molecular formula is C16H19N3O. The Morgan fingerprint density at radius 1 is 1.30 bits per heavy atom. The SMILES string of the molecule is CNc1cc(CN2CCCOc3ccccc32)ccn1. The average Bonchev–Trinajstić information content (AvgIpc) is 2.70. The van der Waals surface area contributed by atoms with Gasteiger partial charge in [-0.25, -0.2) is 4.98 Å². The van der Waals surface area contributed by atoms with Crippen LogP contribution in [0.2, 0.25) is 0 Å². The quantitative estimate of drug-likeness (QED) is 0.929. The van der Waals surface area contributed by atoms with E-state index in [4.69, 9.17) is 4.74 Å². The van der Waals surface area contributed by atoms with Crippen LogP contribution in [0.3, 0.4) is 0 Å². The van der Waals surface area contributed by atoms with Gasteiger partial charge in [0.1, 0.15) is 11.6 Å². The van der Waals surface area contributed by atoms with E-state index >= 15 is 0 Å². The Hall–Kier alpha value is -2.23. The lowest BCUT2D eigenvalue weighted by Crippen LogP contribution is -2.23. The summed E-state index contributed by atoms with van der Waals surface area (Å²) in [5.41, 5.74) is 2.42. The predicted molar refractivity (Wildman–Crippen MR) is 81.4 cm³/mol. The molecule has 3 rings (SSSR count). The third-order valence-corrected chi connectivity index (χ3v) is 3.49. The highest BCUT2D eigenvalue weighted by Crippen LogP contribution is 2.31. The van der Waals surface area contributed by atoms with Crippen LogP contribution in [0.25, 0.3) is 0 Å². The molecule has 0 saturated carbocycles. The molecule has 0 radical (unpaired) electrons. The molecule has 0 bridgehead atoms. The number of hydrogen-bond donors (Lipinski definition) is 1. The Morgan fingerprint density at radius 3 is 3.10 bits per heavy atom. The molecule has 0 fully saturated rings. The number of rotatable bonds is 3. The summed E-state index contributed by atoms with van der Waals surface area (Å²) in [6, 6.07) is 12.4. The van der Waals surface area contributed by atoms with Crippen molar-refractivity contribution < 1.29 is 4.74 Å². The number of nitrogens with zero attached hydrogens (tertiary/aromatic N) is 2. The zero-order chi connectivity index (χ0) is 13.8. The van der Waals surface area contributed by atoms with Crippen molar-refractivity contribution in [2.45, 2.75) is 13.0 Å². The van der Waals surface area contributed by atoms with E-state index in [1.54, 1.807) is 0 Å². The average molecular weight is 269 g/mol. The predicted octanol–water partition coefficient (Wildman–Crippen LogP) is 2.91. The lowest BCUT2D eigenvalue weighted by molar-refractivity contribution is 0.322. The molecule has 4 heteroatoms. The molecule has 1 aliphatic rings. The number of pyridine rings is 1. The molecule has 1 N–H and O–H groups in total. The summed E-state index contributed by atoms with van der Waals surface area (Å²) in [4.78, 5) is 6.63. The highest BCUT2D eigenvalue weighted by Gasteiger charge is 2.16. The number of benzene rings is 1. The lowest BCUT2D eigenvalue weighted by Gasteiger charge is -2.24. The number of ether oxygens (including phenoxy) is 1. The van der Waals surface area contributed by atoms with E-state index in [0.717, 1.165) is 37.7 Å². The summed E-state index contributed by atoms with van der Waals surface area (Å²) in [7, 11) is 1.89.